The van der Waals surface area contributed by atoms with Crippen molar-refractivity contribution in [3.8, 4) is 0 Å². The van der Waals surface area contributed by atoms with E-state index in [1.165, 1.54) is 12.0 Å². The topological polar surface area (TPSA) is 35.5 Å². The van der Waals surface area contributed by atoms with E-state index in [0.29, 0.717) is 5.92 Å². The van der Waals surface area contributed by atoms with Gasteiger partial charge in [0.05, 0.1) is 0 Å². The zero-order valence-corrected chi connectivity index (χ0v) is 12.0. The summed E-state index contributed by atoms with van der Waals surface area (Å²) in [4.78, 5) is 11.9. The van der Waals surface area contributed by atoms with Crippen LogP contribution in [-0.4, -0.2) is 18.9 Å². The van der Waals surface area contributed by atoms with Crippen molar-refractivity contribution in [2.24, 2.45) is 11.3 Å². The standard InChI is InChI=1S/C16H22O3/c1-10-6-5-7-15(3)9-16(18-4)13(8-12(10)15)11(2)14(17)19-16/h12H,1,5-9H2,2-4H3. The second-order valence-electron chi connectivity index (χ2n) is 6.55. The smallest absolute Gasteiger partial charge is 0.336 e. The Labute approximate surface area is 114 Å². The van der Waals surface area contributed by atoms with Gasteiger partial charge in [-0.1, -0.05) is 19.1 Å². The lowest BCUT2D eigenvalue weighted by molar-refractivity contribution is -0.215. The Morgan fingerprint density at radius 1 is 1.47 bits per heavy atom. The number of fused-ring (bicyclic) bond motifs is 2. The molecule has 3 heteroatoms. The molecule has 0 saturated heterocycles. The lowest BCUT2D eigenvalue weighted by Gasteiger charge is -2.51. The molecule has 0 aromatic rings. The van der Waals surface area contributed by atoms with Crippen molar-refractivity contribution in [1.29, 1.82) is 0 Å². The Balaban J connectivity index is 2.05. The first kappa shape index (κ1) is 12.9. The first-order valence-electron chi connectivity index (χ1n) is 7.08. The molecule has 0 aromatic heterocycles. The van der Waals surface area contributed by atoms with Crippen LogP contribution in [0.25, 0.3) is 0 Å². The van der Waals surface area contributed by atoms with E-state index in [2.05, 4.69) is 13.5 Å². The molecule has 3 nitrogen and oxygen atoms in total. The predicted molar refractivity (Wildman–Crippen MR) is 72.4 cm³/mol. The van der Waals surface area contributed by atoms with Crippen molar-refractivity contribution in [3.63, 3.8) is 0 Å². The molecule has 1 aliphatic heterocycles. The van der Waals surface area contributed by atoms with Gasteiger partial charge < -0.3 is 9.47 Å². The van der Waals surface area contributed by atoms with Crippen LogP contribution in [0.15, 0.2) is 23.3 Å². The number of ether oxygens (including phenoxy) is 2. The summed E-state index contributed by atoms with van der Waals surface area (Å²) in [6.45, 7) is 8.41. The van der Waals surface area contributed by atoms with E-state index < -0.39 is 5.79 Å². The van der Waals surface area contributed by atoms with Crippen molar-refractivity contribution in [3.05, 3.63) is 23.3 Å². The molecule has 104 valence electrons. The Morgan fingerprint density at radius 2 is 2.21 bits per heavy atom. The van der Waals surface area contributed by atoms with Crippen LogP contribution in [-0.2, 0) is 14.3 Å². The number of carbonyl (C=O) groups excluding carboxylic acids is 1. The number of hydrogen-bond acceptors (Lipinski definition) is 3. The number of allylic oxidation sites excluding steroid dienone is 1. The summed E-state index contributed by atoms with van der Waals surface area (Å²) in [6.07, 6.45) is 5.07. The third-order valence-electron chi connectivity index (χ3n) is 5.43. The lowest BCUT2D eigenvalue weighted by Crippen LogP contribution is -2.49. The highest BCUT2D eigenvalue weighted by atomic mass is 16.7. The maximum Gasteiger partial charge on any atom is 0.336 e. The summed E-state index contributed by atoms with van der Waals surface area (Å²) in [5.41, 5.74) is 3.26. The van der Waals surface area contributed by atoms with Gasteiger partial charge >= 0.3 is 5.97 Å². The third-order valence-corrected chi connectivity index (χ3v) is 5.43. The maximum atomic E-state index is 11.9. The highest BCUT2D eigenvalue weighted by Gasteiger charge is 2.58. The molecule has 0 spiro atoms. The van der Waals surface area contributed by atoms with Crippen LogP contribution in [0, 0.1) is 11.3 Å². The van der Waals surface area contributed by atoms with Gasteiger partial charge in [0.15, 0.2) is 0 Å². The fraction of sp³-hybridized carbons (Fsp3) is 0.688. The second kappa shape index (κ2) is 3.95. The SMILES string of the molecule is C=C1CCCC2(C)CC3(OC)OC(=O)C(C)=C3CC12. The third kappa shape index (κ3) is 1.64. The monoisotopic (exact) mass is 262 g/mol. The fourth-order valence-electron chi connectivity index (χ4n) is 4.28. The van der Waals surface area contributed by atoms with Gasteiger partial charge in [0.25, 0.3) is 0 Å². The quantitative estimate of drug-likeness (QED) is 0.537. The van der Waals surface area contributed by atoms with E-state index in [-0.39, 0.29) is 11.4 Å². The normalized spacial score (nSPS) is 41.9. The van der Waals surface area contributed by atoms with E-state index in [1.54, 1.807) is 7.11 Å². The average Bonchev–Trinajstić information content (AvgIpc) is 2.59. The van der Waals surface area contributed by atoms with Crippen LogP contribution in [0.1, 0.15) is 46.0 Å². The van der Waals surface area contributed by atoms with Crippen molar-refractivity contribution in [2.45, 2.75) is 51.7 Å². The van der Waals surface area contributed by atoms with Crippen molar-refractivity contribution < 1.29 is 14.3 Å². The zero-order valence-electron chi connectivity index (χ0n) is 12.0. The van der Waals surface area contributed by atoms with Gasteiger partial charge in [0.2, 0.25) is 5.79 Å². The van der Waals surface area contributed by atoms with E-state index in [4.69, 9.17) is 9.47 Å². The molecule has 1 heterocycles. The van der Waals surface area contributed by atoms with Crippen molar-refractivity contribution in [2.75, 3.05) is 7.11 Å². The predicted octanol–water partition coefficient (Wildman–Crippen LogP) is 3.36. The molecule has 3 atom stereocenters. The summed E-state index contributed by atoms with van der Waals surface area (Å²) in [5.74, 6) is -0.557. The molecule has 0 bridgehead atoms. The first-order valence-corrected chi connectivity index (χ1v) is 7.08. The molecule has 3 rings (SSSR count). The lowest BCUT2D eigenvalue weighted by atomic mass is 9.56. The highest BCUT2D eigenvalue weighted by Crippen LogP contribution is 2.59. The number of hydrogen-bond donors (Lipinski definition) is 0. The van der Waals surface area contributed by atoms with Crippen LogP contribution in [0.4, 0.5) is 0 Å². The fourth-order valence-corrected chi connectivity index (χ4v) is 4.28. The van der Waals surface area contributed by atoms with E-state index in [0.717, 1.165) is 36.8 Å². The molecule has 0 aromatic carbocycles. The van der Waals surface area contributed by atoms with Crippen LogP contribution in [0.3, 0.4) is 0 Å². The van der Waals surface area contributed by atoms with Crippen LogP contribution < -0.4 is 0 Å². The zero-order chi connectivity index (χ0) is 13.8. The second-order valence-corrected chi connectivity index (χ2v) is 6.55. The molecule has 2 fully saturated rings. The van der Waals surface area contributed by atoms with Gasteiger partial charge in [-0.05, 0) is 43.9 Å². The van der Waals surface area contributed by atoms with Gasteiger partial charge in [0.1, 0.15) is 0 Å². The Bertz CT molecular complexity index is 490. The first-order chi connectivity index (χ1) is 8.92. The van der Waals surface area contributed by atoms with Gasteiger partial charge in [0, 0.05) is 24.7 Å². The van der Waals surface area contributed by atoms with E-state index in [9.17, 15) is 4.79 Å². The molecular weight excluding hydrogens is 240 g/mol. The van der Waals surface area contributed by atoms with Gasteiger partial charge in [-0.15, -0.1) is 0 Å². The van der Waals surface area contributed by atoms with Crippen LogP contribution in [0.2, 0.25) is 0 Å². The highest BCUT2D eigenvalue weighted by molar-refractivity contribution is 5.92. The Kier molecular flexibility index (Phi) is 2.69. The number of methoxy groups -OCH3 is 1. The molecule has 0 amide bonds. The van der Waals surface area contributed by atoms with Gasteiger partial charge in [-0.2, -0.15) is 0 Å². The number of esters is 1. The minimum Gasteiger partial charge on any atom is -0.426 e. The average molecular weight is 262 g/mol. The molecule has 19 heavy (non-hydrogen) atoms. The maximum absolute atomic E-state index is 11.9. The summed E-state index contributed by atoms with van der Waals surface area (Å²) in [6, 6.07) is 0. The molecule has 0 N–H and O–H groups in total. The number of carbonyl (C=O) groups is 1. The molecule has 3 aliphatic rings. The van der Waals surface area contributed by atoms with E-state index in [1.807, 2.05) is 6.92 Å². The van der Waals surface area contributed by atoms with Crippen LogP contribution >= 0.6 is 0 Å². The summed E-state index contributed by atoms with van der Waals surface area (Å²) >= 11 is 0. The molecular formula is C16H22O3. The van der Waals surface area contributed by atoms with Gasteiger partial charge in [-0.25, -0.2) is 4.79 Å². The molecule has 2 aliphatic carbocycles. The molecule has 2 saturated carbocycles. The summed E-state index contributed by atoms with van der Waals surface area (Å²) in [5, 5.41) is 0. The van der Waals surface area contributed by atoms with Crippen LogP contribution in [0.5, 0.6) is 0 Å². The Hall–Kier alpha value is -1.09. The summed E-state index contributed by atoms with van der Waals surface area (Å²) in [7, 11) is 1.65. The van der Waals surface area contributed by atoms with Crippen molar-refractivity contribution in [1.82, 2.24) is 0 Å². The minimum atomic E-state index is -0.802. The minimum absolute atomic E-state index is 0.139. The summed E-state index contributed by atoms with van der Waals surface area (Å²) < 4.78 is 11.3. The van der Waals surface area contributed by atoms with E-state index >= 15 is 0 Å². The molecule has 0 radical (unpaired) electrons. The Morgan fingerprint density at radius 3 is 2.89 bits per heavy atom. The van der Waals surface area contributed by atoms with Gasteiger partial charge in [-0.3, -0.25) is 0 Å². The largest absolute Gasteiger partial charge is 0.426 e. The molecule has 3 unspecified atom stereocenters. The number of rotatable bonds is 1. The van der Waals surface area contributed by atoms with Crippen molar-refractivity contribution >= 4 is 5.97 Å².